The highest BCUT2D eigenvalue weighted by Crippen LogP contribution is 2.33. The average molecular weight is 263 g/mol. The molecule has 1 aliphatic rings. The Morgan fingerprint density at radius 1 is 1.21 bits per heavy atom. The minimum atomic E-state index is -0.481. The Morgan fingerprint density at radius 2 is 1.84 bits per heavy atom. The molecule has 0 aromatic heterocycles. The summed E-state index contributed by atoms with van der Waals surface area (Å²) in [6, 6.07) is 6.28. The van der Waals surface area contributed by atoms with E-state index < -0.39 is 6.10 Å². The molecule has 1 heterocycles. The molecule has 0 spiro atoms. The van der Waals surface area contributed by atoms with Crippen molar-refractivity contribution in [3.05, 3.63) is 34.9 Å². The van der Waals surface area contributed by atoms with Crippen molar-refractivity contribution in [3.8, 4) is 0 Å². The smallest absolute Gasteiger partial charge is 0.0970 e. The van der Waals surface area contributed by atoms with E-state index in [1.807, 2.05) is 0 Å². The minimum Gasteiger partial charge on any atom is -0.386 e. The van der Waals surface area contributed by atoms with Gasteiger partial charge in [0.25, 0.3) is 0 Å². The van der Waals surface area contributed by atoms with Crippen LogP contribution in [0.3, 0.4) is 0 Å². The molecule has 19 heavy (non-hydrogen) atoms. The van der Waals surface area contributed by atoms with Gasteiger partial charge in [0.05, 0.1) is 19.3 Å². The number of morpholine rings is 1. The van der Waals surface area contributed by atoms with Crippen LogP contribution < -0.4 is 0 Å². The van der Waals surface area contributed by atoms with Crippen LogP contribution in [0.4, 0.5) is 0 Å². The normalized spacial score (nSPS) is 19.4. The highest BCUT2D eigenvalue weighted by atomic mass is 16.5. The maximum atomic E-state index is 10.8. The van der Waals surface area contributed by atoms with Crippen LogP contribution in [0.15, 0.2) is 18.2 Å². The monoisotopic (exact) mass is 263 g/mol. The molecule has 3 nitrogen and oxygen atoms in total. The molecular formula is C16H25NO2. The van der Waals surface area contributed by atoms with Gasteiger partial charge in [0.1, 0.15) is 0 Å². The van der Waals surface area contributed by atoms with Crippen LogP contribution in [-0.4, -0.2) is 41.8 Å². The Bertz CT molecular complexity index is 436. The van der Waals surface area contributed by atoms with Crippen molar-refractivity contribution in [2.75, 3.05) is 26.3 Å². The average Bonchev–Trinajstić information content (AvgIpc) is 2.41. The second-order valence-electron chi connectivity index (χ2n) is 6.02. The number of hydrogen-bond donors (Lipinski definition) is 1. The summed E-state index contributed by atoms with van der Waals surface area (Å²) >= 11 is 0. The molecule has 0 amide bonds. The standard InChI is InChI=1S/C16H25NO2/c1-12-5-6-13(2)14(11-12)15(18)16(3,4)17-7-9-19-10-8-17/h5-6,11,15,18H,7-10H2,1-4H3. The fourth-order valence-electron chi connectivity index (χ4n) is 2.75. The van der Waals surface area contributed by atoms with Gasteiger partial charge in [0.15, 0.2) is 0 Å². The number of aliphatic hydroxyl groups excluding tert-OH is 1. The van der Waals surface area contributed by atoms with Crippen LogP contribution in [0.25, 0.3) is 0 Å². The first-order valence-corrected chi connectivity index (χ1v) is 7.01. The molecule has 2 rings (SSSR count). The Kier molecular flexibility index (Phi) is 4.29. The van der Waals surface area contributed by atoms with E-state index in [0.29, 0.717) is 0 Å². The molecule has 3 heteroatoms. The molecule has 0 radical (unpaired) electrons. The molecule has 1 saturated heterocycles. The van der Waals surface area contributed by atoms with Crippen molar-refractivity contribution in [2.24, 2.45) is 0 Å². The van der Waals surface area contributed by atoms with E-state index >= 15 is 0 Å². The number of rotatable bonds is 3. The van der Waals surface area contributed by atoms with E-state index in [4.69, 9.17) is 4.74 Å². The molecule has 1 N–H and O–H groups in total. The van der Waals surface area contributed by atoms with Gasteiger partial charge in [-0.05, 0) is 38.8 Å². The third kappa shape index (κ3) is 2.99. The summed E-state index contributed by atoms with van der Waals surface area (Å²) < 4.78 is 5.40. The molecule has 1 aromatic rings. The van der Waals surface area contributed by atoms with Crippen LogP contribution in [0.2, 0.25) is 0 Å². The van der Waals surface area contributed by atoms with Gasteiger partial charge < -0.3 is 9.84 Å². The van der Waals surface area contributed by atoms with E-state index in [2.05, 4.69) is 50.8 Å². The van der Waals surface area contributed by atoms with Gasteiger partial charge in [0, 0.05) is 18.6 Å². The zero-order valence-electron chi connectivity index (χ0n) is 12.4. The van der Waals surface area contributed by atoms with Gasteiger partial charge in [0.2, 0.25) is 0 Å². The largest absolute Gasteiger partial charge is 0.386 e. The first-order chi connectivity index (χ1) is 8.93. The number of ether oxygens (including phenoxy) is 1. The van der Waals surface area contributed by atoms with Crippen molar-refractivity contribution in [2.45, 2.75) is 39.3 Å². The van der Waals surface area contributed by atoms with Gasteiger partial charge in [-0.15, -0.1) is 0 Å². The number of benzene rings is 1. The second kappa shape index (κ2) is 5.61. The van der Waals surface area contributed by atoms with Gasteiger partial charge in [-0.3, -0.25) is 4.90 Å². The fourth-order valence-corrected chi connectivity index (χ4v) is 2.75. The van der Waals surface area contributed by atoms with Crippen LogP contribution in [0.5, 0.6) is 0 Å². The zero-order chi connectivity index (χ0) is 14.0. The van der Waals surface area contributed by atoms with E-state index in [9.17, 15) is 5.11 Å². The Balaban J connectivity index is 2.25. The van der Waals surface area contributed by atoms with Crippen LogP contribution in [0, 0.1) is 13.8 Å². The van der Waals surface area contributed by atoms with Crippen molar-refractivity contribution in [1.82, 2.24) is 4.90 Å². The summed E-state index contributed by atoms with van der Waals surface area (Å²) in [5, 5.41) is 10.8. The second-order valence-corrected chi connectivity index (χ2v) is 6.02. The zero-order valence-corrected chi connectivity index (χ0v) is 12.4. The number of nitrogens with zero attached hydrogens (tertiary/aromatic N) is 1. The lowest BCUT2D eigenvalue weighted by Gasteiger charge is -2.44. The molecule has 1 atom stereocenters. The Hall–Kier alpha value is -0.900. The molecule has 1 fully saturated rings. The Morgan fingerprint density at radius 3 is 2.47 bits per heavy atom. The lowest BCUT2D eigenvalue weighted by atomic mass is 9.86. The number of aliphatic hydroxyl groups is 1. The van der Waals surface area contributed by atoms with Gasteiger partial charge in [-0.25, -0.2) is 0 Å². The lowest BCUT2D eigenvalue weighted by molar-refractivity contribution is -0.0632. The molecule has 106 valence electrons. The maximum absolute atomic E-state index is 10.8. The first-order valence-electron chi connectivity index (χ1n) is 7.01. The van der Waals surface area contributed by atoms with Gasteiger partial charge in [-0.2, -0.15) is 0 Å². The molecule has 1 aromatic carbocycles. The lowest BCUT2D eigenvalue weighted by Crippen LogP contribution is -2.53. The predicted octanol–water partition coefficient (Wildman–Crippen LogP) is 2.45. The quantitative estimate of drug-likeness (QED) is 0.909. The number of aryl methyl sites for hydroxylation is 2. The SMILES string of the molecule is Cc1ccc(C)c(C(O)C(C)(C)N2CCOCC2)c1. The molecule has 1 unspecified atom stereocenters. The van der Waals surface area contributed by atoms with E-state index in [1.165, 1.54) is 5.56 Å². The van der Waals surface area contributed by atoms with Crippen molar-refractivity contribution < 1.29 is 9.84 Å². The highest BCUT2D eigenvalue weighted by molar-refractivity contribution is 5.33. The topological polar surface area (TPSA) is 32.7 Å². The summed E-state index contributed by atoms with van der Waals surface area (Å²) in [5.74, 6) is 0. The summed E-state index contributed by atoms with van der Waals surface area (Å²) in [4.78, 5) is 2.32. The van der Waals surface area contributed by atoms with E-state index in [0.717, 1.165) is 37.4 Å². The molecule has 0 aliphatic carbocycles. The summed E-state index contributed by atoms with van der Waals surface area (Å²) in [6.45, 7) is 11.6. The van der Waals surface area contributed by atoms with Crippen LogP contribution >= 0.6 is 0 Å². The minimum absolute atomic E-state index is 0.275. The molecule has 0 bridgehead atoms. The van der Waals surface area contributed by atoms with Crippen molar-refractivity contribution in [1.29, 1.82) is 0 Å². The summed E-state index contributed by atoms with van der Waals surface area (Å²) in [6.07, 6.45) is -0.481. The summed E-state index contributed by atoms with van der Waals surface area (Å²) in [5.41, 5.74) is 3.11. The predicted molar refractivity (Wildman–Crippen MR) is 77.3 cm³/mol. The van der Waals surface area contributed by atoms with Gasteiger partial charge in [-0.1, -0.05) is 23.8 Å². The van der Waals surface area contributed by atoms with Gasteiger partial charge >= 0.3 is 0 Å². The van der Waals surface area contributed by atoms with Crippen molar-refractivity contribution >= 4 is 0 Å². The van der Waals surface area contributed by atoms with Crippen molar-refractivity contribution in [3.63, 3.8) is 0 Å². The van der Waals surface area contributed by atoms with Crippen LogP contribution in [-0.2, 0) is 4.74 Å². The summed E-state index contributed by atoms with van der Waals surface area (Å²) in [7, 11) is 0. The fraction of sp³-hybridized carbons (Fsp3) is 0.625. The van der Waals surface area contributed by atoms with Crippen LogP contribution in [0.1, 0.15) is 36.6 Å². The number of hydrogen-bond acceptors (Lipinski definition) is 3. The van der Waals surface area contributed by atoms with E-state index in [1.54, 1.807) is 0 Å². The first kappa shape index (κ1) is 14.5. The third-order valence-electron chi connectivity index (χ3n) is 4.22. The molecular weight excluding hydrogens is 238 g/mol. The Labute approximate surface area is 116 Å². The maximum Gasteiger partial charge on any atom is 0.0970 e. The molecule has 1 aliphatic heterocycles. The third-order valence-corrected chi connectivity index (χ3v) is 4.22. The highest BCUT2D eigenvalue weighted by Gasteiger charge is 2.36. The van der Waals surface area contributed by atoms with E-state index in [-0.39, 0.29) is 5.54 Å². The molecule has 0 saturated carbocycles.